The molecule has 6 heteroatoms. The molecule has 0 radical (unpaired) electrons. The Kier molecular flexibility index (Phi) is 4.34. The first-order valence-electron chi connectivity index (χ1n) is 6.71. The molecule has 0 aliphatic heterocycles. The third-order valence-corrected chi connectivity index (χ3v) is 3.16. The van der Waals surface area contributed by atoms with E-state index in [9.17, 15) is 10.1 Å². The molecule has 0 saturated heterocycles. The number of nitrogen functional groups attached to an aromatic ring is 1. The Balaban J connectivity index is 2.46. The highest BCUT2D eigenvalue weighted by molar-refractivity contribution is 5.99. The number of hydrogen-bond donors (Lipinski definition) is 2. The average Bonchev–Trinajstić information content (AvgIpc) is 2.42. The van der Waals surface area contributed by atoms with Gasteiger partial charge in [-0.1, -0.05) is 38.0 Å². The van der Waals surface area contributed by atoms with Crippen molar-refractivity contribution < 1.29 is 4.92 Å². The standard InChI is InChI=1S/C14H18N4O2/c1-2-3-6-9-16-12-10-7-4-5-8-11(10)17-14(15)13(12)18(19)20/h4-5,7-8H,2-3,6,9H2,1H3,(H3,15,16,17). The summed E-state index contributed by atoms with van der Waals surface area (Å²) in [6.45, 7) is 2.80. The first kappa shape index (κ1) is 14.0. The number of benzene rings is 1. The van der Waals surface area contributed by atoms with Crippen molar-refractivity contribution in [2.45, 2.75) is 26.2 Å². The molecule has 0 aliphatic rings. The second-order valence-corrected chi connectivity index (χ2v) is 4.63. The van der Waals surface area contributed by atoms with E-state index in [0.717, 1.165) is 24.6 Å². The maximum Gasteiger partial charge on any atom is 0.334 e. The molecule has 106 valence electrons. The smallest absolute Gasteiger partial charge is 0.334 e. The summed E-state index contributed by atoms with van der Waals surface area (Å²) in [7, 11) is 0. The van der Waals surface area contributed by atoms with Crippen LogP contribution in [0, 0.1) is 10.1 Å². The number of nitro groups is 1. The summed E-state index contributed by atoms with van der Waals surface area (Å²) < 4.78 is 0. The van der Waals surface area contributed by atoms with E-state index < -0.39 is 4.92 Å². The number of para-hydroxylation sites is 1. The zero-order valence-corrected chi connectivity index (χ0v) is 11.4. The molecule has 2 aromatic rings. The largest absolute Gasteiger partial charge is 0.379 e. The second kappa shape index (κ2) is 6.18. The van der Waals surface area contributed by atoms with Gasteiger partial charge in [0.05, 0.1) is 10.4 Å². The van der Waals surface area contributed by atoms with Crippen LogP contribution in [-0.4, -0.2) is 16.5 Å². The fourth-order valence-electron chi connectivity index (χ4n) is 2.17. The van der Waals surface area contributed by atoms with Gasteiger partial charge in [0.2, 0.25) is 5.82 Å². The van der Waals surface area contributed by atoms with Gasteiger partial charge in [0, 0.05) is 11.9 Å². The molecule has 0 bridgehead atoms. The third kappa shape index (κ3) is 2.79. The van der Waals surface area contributed by atoms with Crippen LogP contribution in [0.25, 0.3) is 10.9 Å². The summed E-state index contributed by atoms with van der Waals surface area (Å²) in [5.74, 6) is -0.0494. The Labute approximate surface area is 117 Å². The number of rotatable bonds is 6. The van der Waals surface area contributed by atoms with E-state index in [0.29, 0.717) is 17.7 Å². The van der Waals surface area contributed by atoms with Gasteiger partial charge < -0.3 is 11.1 Å². The van der Waals surface area contributed by atoms with E-state index in [2.05, 4.69) is 17.2 Å². The average molecular weight is 274 g/mol. The predicted octanol–water partition coefficient (Wildman–Crippen LogP) is 3.33. The van der Waals surface area contributed by atoms with E-state index in [1.54, 1.807) is 6.07 Å². The Morgan fingerprint density at radius 2 is 2.10 bits per heavy atom. The van der Waals surface area contributed by atoms with Crippen LogP contribution < -0.4 is 11.1 Å². The van der Waals surface area contributed by atoms with Crippen molar-refractivity contribution in [1.82, 2.24) is 4.98 Å². The maximum absolute atomic E-state index is 11.2. The minimum atomic E-state index is -0.475. The van der Waals surface area contributed by atoms with Crippen molar-refractivity contribution in [3.8, 4) is 0 Å². The summed E-state index contributed by atoms with van der Waals surface area (Å²) in [6, 6.07) is 7.28. The fourth-order valence-corrected chi connectivity index (χ4v) is 2.17. The quantitative estimate of drug-likeness (QED) is 0.478. The Morgan fingerprint density at radius 1 is 1.35 bits per heavy atom. The van der Waals surface area contributed by atoms with Gasteiger partial charge in [-0.15, -0.1) is 0 Å². The summed E-state index contributed by atoms with van der Waals surface area (Å²) >= 11 is 0. The van der Waals surface area contributed by atoms with E-state index in [4.69, 9.17) is 5.73 Å². The first-order valence-corrected chi connectivity index (χ1v) is 6.71. The molecule has 20 heavy (non-hydrogen) atoms. The van der Waals surface area contributed by atoms with E-state index in [1.807, 2.05) is 18.2 Å². The normalized spacial score (nSPS) is 10.7. The van der Waals surface area contributed by atoms with Crippen molar-refractivity contribution >= 4 is 28.1 Å². The molecule has 0 saturated carbocycles. The third-order valence-electron chi connectivity index (χ3n) is 3.16. The van der Waals surface area contributed by atoms with Crippen LogP contribution in [0.5, 0.6) is 0 Å². The van der Waals surface area contributed by atoms with Gasteiger partial charge in [-0.2, -0.15) is 0 Å². The monoisotopic (exact) mass is 274 g/mol. The van der Waals surface area contributed by atoms with Gasteiger partial charge >= 0.3 is 5.69 Å². The first-order chi connectivity index (χ1) is 9.65. The van der Waals surface area contributed by atoms with Crippen LogP contribution >= 0.6 is 0 Å². The van der Waals surface area contributed by atoms with E-state index in [-0.39, 0.29) is 11.5 Å². The number of nitrogens with zero attached hydrogens (tertiary/aromatic N) is 2. The number of unbranched alkanes of at least 4 members (excludes halogenated alkanes) is 2. The number of pyridine rings is 1. The van der Waals surface area contributed by atoms with Gasteiger partial charge in [0.15, 0.2) is 0 Å². The molecule has 0 atom stereocenters. The molecule has 0 spiro atoms. The van der Waals surface area contributed by atoms with Crippen molar-refractivity contribution in [1.29, 1.82) is 0 Å². The van der Waals surface area contributed by atoms with Crippen molar-refractivity contribution in [2.24, 2.45) is 0 Å². The Hall–Kier alpha value is -2.37. The van der Waals surface area contributed by atoms with Gasteiger partial charge in [-0.3, -0.25) is 10.1 Å². The lowest BCUT2D eigenvalue weighted by Gasteiger charge is -2.11. The van der Waals surface area contributed by atoms with Crippen LogP contribution in [0.4, 0.5) is 17.2 Å². The lowest BCUT2D eigenvalue weighted by Crippen LogP contribution is -2.08. The Bertz CT molecular complexity index is 628. The van der Waals surface area contributed by atoms with Crippen molar-refractivity contribution in [3.63, 3.8) is 0 Å². The molecule has 2 rings (SSSR count). The highest BCUT2D eigenvalue weighted by Gasteiger charge is 2.22. The lowest BCUT2D eigenvalue weighted by molar-refractivity contribution is -0.383. The molecular formula is C14H18N4O2. The number of aromatic nitrogens is 1. The van der Waals surface area contributed by atoms with Crippen LogP contribution in [0.2, 0.25) is 0 Å². The zero-order valence-electron chi connectivity index (χ0n) is 11.4. The van der Waals surface area contributed by atoms with Crippen LogP contribution in [0.1, 0.15) is 26.2 Å². The molecule has 3 N–H and O–H groups in total. The summed E-state index contributed by atoms with van der Waals surface area (Å²) in [5, 5.41) is 15.1. The number of anilines is 2. The molecule has 0 fully saturated rings. The molecular weight excluding hydrogens is 256 g/mol. The topological polar surface area (TPSA) is 94.1 Å². The summed E-state index contributed by atoms with van der Waals surface area (Å²) in [4.78, 5) is 14.8. The summed E-state index contributed by atoms with van der Waals surface area (Å²) in [5.41, 5.74) is 6.71. The molecule has 0 aliphatic carbocycles. The van der Waals surface area contributed by atoms with Crippen LogP contribution in [0.3, 0.4) is 0 Å². The zero-order chi connectivity index (χ0) is 14.5. The number of fused-ring (bicyclic) bond motifs is 1. The highest BCUT2D eigenvalue weighted by Crippen LogP contribution is 2.36. The number of nitrogens with one attached hydrogen (secondary N) is 1. The minimum absolute atomic E-state index is 0.0494. The number of nitrogens with two attached hydrogens (primary N) is 1. The van der Waals surface area contributed by atoms with Gasteiger partial charge in [0.25, 0.3) is 0 Å². The number of hydrogen-bond acceptors (Lipinski definition) is 5. The van der Waals surface area contributed by atoms with Gasteiger partial charge in [0.1, 0.15) is 5.69 Å². The molecule has 0 amide bonds. The highest BCUT2D eigenvalue weighted by atomic mass is 16.6. The molecule has 1 aromatic heterocycles. The molecule has 1 heterocycles. The van der Waals surface area contributed by atoms with Crippen molar-refractivity contribution in [2.75, 3.05) is 17.6 Å². The molecule has 0 unspecified atom stereocenters. The molecule has 6 nitrogen and oxygen atoms in total. The second-order valence-electron chi connectivity index (χ2n) is 4.63. The van der Waals surface area contributed by atoms with Gasteiger partial charge in [-0.05, 0) is 12.5 Å². The van der Waals surface area contributed by atoms with Crippen LogP contribution in [0.15, 0.2) is 24.3 Å². The summed E-state index contributed by atoms with van der Waals surface area (Å²) in [6.07, 6.45) is 3.15. The predicted molar refractivity (Wildman–Crippen MR) is 80.8 cm³/mol. The molecule has 1 aromatic carbocycles. The van der Waals surface area contributed by atoms with E-state index in [1.165, 1.54) is 0 Å². The van der Waals surface area contributed by atoms with Crippen LogP contribution in [-0.2, 0) is 0 Å². The Morgan fingerprint density at radius 3 is 2.80 bits per heavy atom. The lowest BCUT2D eigenvalue weighted by atomic mass is 10.1. The fraction of sp³-hybridized carbons (Fsp3) is 0.357. The van der Waals surface area contributed by atoms with Gasteiger partial charge in [-0.25, -0.2) is 4.98 Å². The van der Waals surface area contributed by atoms with Crippen molar-refractivity contribution in [3.05, 3.63) is 34.4 Å². The SMILES string of the molecule is CCCCCNc1c([N+](=O)[O-])c(N)nc2ccccc12. The minimum Gasteiger partial charge on any atom is -0.379 e. The van der Waals surface area contributed by atoms with E-state index >= 15 is 0 Å². The maximum atomic E-state index is 11.2.